The SMILES string of the molecule is O=C(c1ccccc1)N1CCN(c2ccc(S(=O)(=O)N3CCCC3)c[nH+]2)CC1. The summed E-state index contributed by atoms with van der Waals surface area (Å²) >= 11 is 0. The summed E-state index contributed by atoms with van der Waals surface area (Å²) in [7, 11) is -3.41. The normalized spacial score (nSPS) is 18.4. The molecule has 0 spiro atoms. The number of sulfonamides is 1. The van der Waals surface area contributed by atoms with Gasteiger partial charge in [-0.15, -0.1) is 0 Å². The minimum Gasteiger partial charge on any atom is -0.331 e. The molecule has 8 heteroatoms. The lowest BCUT2D eigenvalue weighted by atomic mass is 10.2. The van der Waals surface area contributed by atoms with Gasteiger partial charge in [-0.1, -0.05) is 18.2 Å². The minimum atomic E-state index is -3.41. The number of anilines is 1. The van der Waals surface area contributed by atoms with Gasteiger partial charge in [0.25, 0.3) is 11.7 Å². The Kier molecular flexibility index (Phi) is 5.32. The summed E-state index contributed by atoms with van der Waals surface area (Å²) in [6.45, 7) is 3.87. The molecular weight excluding hydrogens is 376 g/mol. The van der Waals surface area contributed by atoms with Crippen LogP contribution in [0.3, 0.4) is 0 Å². The Morgan fingerprint density at radius 2 is 1.54 bits per heavy atom. The highest BCUT2D eigenvalue weighted by Crippen LogP contribution is 2.21. The van der Waals surface area contributed by atoms with Crippen LogP contribution in [0.2, 0.25) is 0 Å². The van der Waals surface area contributed by atoms with Crippen LogP contribution in [0.5, 0.6) is 0 Å². The first-order valence-corrected chi connectivity index (χ1v) is 11.1. The smallest absolute Gasteiger partial charge is 0.274 e. The minimum absolute atomic E-state index is 0.0521. The lowest BCUT2D eigenvalue weighted by molar-refractivity contribution is -0.367. The van der Waals surface area contributed by atoms with Crippen LogP contribution in [0.25, 0.3) is 0 Å². The van der Waals surface area contributed by atoms with Crippen molar-refractivity contribution in [2.45, 2.75) is 17.7 Å². The van der Waals surface area contributed by atoms with Gasteiger partial charge >= 0.3 is 0 Å². The highest BCUT2D eigenvalue weighted by atomic mass is 32.2. The van der Waals surface area contributed by atoms with Crippen molar-refractivity contribution in [1.82, 2.24) is 9.21 Å². The van der Waals surface area contributed by atoms with Crippen molar-refractivity contribution in [3.63, 3.8) is 0 Å². The number of H-pyrrole nitrogens is 1. The number of carbonyl (C=O) groups is 1. The van der Waals surface area contributed by atoms with Gasteiger partial charge in [0, 0.05) is 24.7 Å². The fourth-order valence-electron chi connectivity index (χ4n) is 3.75. The highest BCUT2D eigenvalue weighted by Gasteiger charge is 2.30. The summed E-state index contributed by atoms with van der Waals surface area (Å²) < 4.78 is 26.8. The molecule has 2 aliphatic heterocycles. The number of nitrogens with zero attached hydrogens (tertiary/aromatic N) is 3. The Bertz CT molecular complexity index is 918. The zero-order valence-electron chi connectivity index (χ0n) is 15.8. The maximum absolute atomic E-state index is 12.6. The fourth-order valence-corrected chi connectivity index (χ4v) is 5.24. The molecule has 1 aromatic carbocycles. The van der Waals surface area contributed by atoms with Crippen molar-refractivity contribution >= 4 is 21.7 Å². The van der Waals surface area contributed by atoms with E-state index in [0.717, 1.165) is 18.7 Å². The quantitative estimate of drug-likeness (QED) is 0.773. The second kappa shape index (κ2) is 7.89. The molecule has 0 saturated carbocycles. The number of hydrogen-bond donors (Lipinski definition) is 0. The Morgan fingerprint density at radius 3 is 2.14 bits per heavy atom. The Labute approximate surface area is 165 Å². The van der Waals surface area contributed by atoms with Crippen molar-refractivity contribution in [3.8, 4) is 0 Å². The van der Waals surface area contributed by atoms with E-state index in [4.69, 9.17) is 0 Å². The third kappa shape index (κ3) is 3.74. The largest absolute Gasteiger partial charge is 0.331 e. The second-order valence-corrected chi connectivity index (χ2v) is 9.10. The molecule has 1 amide bonds. The number of piperazine rings is 1. The summed E-state index contributed by atoms with van der Waals surface area (Å²) in [5.74, 6) is 0.920. The Hall–Kier alpha value is -2.45. The molecular formula is C20H25N4O3S+. The van der Waals surface area contributed by atoms with Gasteiger partial charge in [0.2, 0.25) is 10.0 Å². The maximum Gasteiger partial charge on any atom is 0.274 e. The number of pyridine rings is 1. The average Bonchev–Trinajstić information content (AvgIpc) is 3.30. The summed E-state index contributed by atoms with van der Waals surface area (Å²) in [5, 5.41) is 0. The van der Waals surface area contributed by atoms with Crippen molar-refractivity contribution in [3.05, 3.63) is 54.2 Å². The lowest BCUT2D eigenvalue weighted by Gasteiger charge is -2.31. The first kappa shape index (κ1) is 18.9. The highest BCUT2D eigenvalue weighted by molar-refractivity contribution is 7.89. The third-order valence-corrected chi connectivity index (χ3v) is 7.29. The molecule has 1 aromatic heterocycles. The van der Waals surface area contributed by atoms with Crippen molar-refractivity contribution in [2.75, 3.05) is 44.2 Å². The molecule has 148 valence electrons. The molecule has 2 aliphatic rings. The van der Waals surface area contributed by atoms with Crippen LogP contribution >= 0.6 is 0 Å². The van der Waals surface area contributed by atoms with Crippen LogP contribution < -0.4 is 9.88 Å². The number of aromatic amines is 1. The van der Waals surface area contributed by atoms with Crippen molar-refractivity contribution in [1.29, 1.82) is 0 Å². The molecule has 4 rings (SSSR count). The predicted molar refractivity (Wildman–Crippen MR) is 106 cm³/mol. The molecule has 0 atom stereocenters. The molecule has 2 fully saturated rings. The monoisotopic (exact) mass is 401 g/mol. The van der Waals surface area contributed by atoms with E-state index >= 15 is 0 Å². The second-order valence-electron chi connectivity index (χ2n) is 7.17. The molecule has 2 saturated heterocycles. The summed E-state index contributed by atoms with van der Waals surface area (Å²) in [6, 6.07) is 12.8. The maximum atomic E-state index is 12.6. The number of aromatic nitrogens is 1. The van der Waals surface area contributed by atoms with Gasteiger partial charge in [0.1, 0.15) is 24.2 Å². The van der Waals surface area contributed by atoms with Gasteiger partial charge in [0.05, 0.1) is 13.1 Å². The van der Waals surface area contributed by atoms with E-state index in [1.165, 1.54) is 0 Å². The summed E-state index contributed by atoms with van der Waals surface area (Å²) in [6.07, 6.45) is 3.42. The molecule has 0 bridgehead atoms. The molecule has 7 nitrogen and oxygen atoms in total. The molecule has 0 radical (unpaired) electrons. The van der Waals surface area contributed by atoms with E-state index in [1.54, 1.807) is 16.6 Å². The fraction of sp³-hybridized carbons (Fsp3) is 0.400. The van der Waals surface area contributed by atoms with E-state index < -0.39 is 10.0 Å². The third-order valence-electron chi connectivity index (χ3n) is 5.40. The molecule has 0 unspecified atom stereocenters. The topological polar surface area (TPSA) is 75.1 Å². The van der Waals surface area contributed by atoms with Crippen molar-refractivity contribution in [2.24, 2.45) is 0 Å². The predicted octanol–water partition coefficient (Wildman–Crippen LogP) is 1.25. The van der Waals surface area contributed by atoms with Gasteiger partial charge in [0.15, 0.2) is 0 Å². The molecule has 28 heavy (non-hydrogen) atoms. The molecule has 3 heterocycles. The van der Waals surface area contributed by atoms with Gasteiger partial charge < -0.3 is 4.90 Å². The number of benzene rings is 1. The van der Waals surface area contributed by atoms with E-state index in [-0.39, 0.29) is 5.91 Å². The van der Waals surface area contributed by atoms with Crippen molar-refractivity contribution < 1.29 is 18.2 Å². The van der Waals surface area contributed by atoms with Gasteiger partial charge in [-0.25, -0.2) is 13.4 Å². The van der Waals surface area contributed by atoms with Gasteiger partial charge in [-0.3, -0.25) is 9.69 Å². The number of amides is 1. The van der Waals surface area contributed by atoms with Gasteiger partial charge in [-0.05, 0) is 31.0 Å². The lowest BCUT2D eigenvalue weighted by Crippen LogP contribution is -2.50. The van der Waals surface area contributed by atoms with E-state index in [2.05, 4.69) is 9.88 Å². The van der Waals surface area contributed by atoms with E-state index in [1.807, 2.05) is 41.3 Å². The van der Waals surface area contributed by atoms with Crippen LogP contribution in [-0.2, 0) is 10.0 Å². The van der Waals surface area contributed by atoms with Crippen LogP contribution in [0.1, 0.15) is 23.2 Å². The van der Waals surface area contributed by atoms with E-state index in [0.29, 0.717) is 49.7 Å². The molecule has 1 N–H and O–H groups in total. The number of rotatable bonds is 4. The summed E-state index contributed by atoms with van der Waals surface area (Å²) in [4.78, 5) is 20.0. The first-order chi connectivity index (χ1) is 13.6. The van der Waals surface area contributed by atoms with Gasteiger partial charge in [-0.2, -0.15) is 4.31 Å². The Balaban J connectivity index is 1.39. The van der Waals surface area contributed by atoms with Crippen LogP contribution in [0.15, 0.2) is 53.6 Å². The molecule has 0 aliphatic carbocycles. The standard InChI is InChI=1S/C20H24N4O3S/c25-20(17-6-2-1-3-7-17)23-14-12-22(13-15-23)19-9-8-18(16-21-19)28(26,27)24-10-4-5-11-24/h1-3,6-9,16H,4-5,10-15H2/p+1. The summed E-state index contributed by atoms with van der Waals surface area (Å²) in [5.41, 5.74) is 0.707. The number of nitrogens with one attached hydrogen (secondary N) is 1. The number of carbonyl (C=O) groups excluding carboxylic acids is 1. The van der Waals surface area contributed by atoms with E-state index in [9.17, 15) is 13.2 Å². The number of hydrogen-bond acceptors (Lipinski definition) is 4. The Morgan fingerprint density at radius 1 is 0.857 bits per heavy atom. The van der Waals surface area contributed by atoms with Crippen LogP contribution in [0, 0.1) is 0 Å². The average molecular weight is 402 g/mol. The molecule has 2 aromatic rings. The van der Waals surface area contributed by atoms with Crippen LogP contribution in [-0.4, -0.2) is 62.8 Å². The first-order valence-electron chi connectivity index (χ1n) is 9.67. The van der Waals surface area contributed by atoms with Crippen LogP contribution in [0.4, 0.5) is 5.82 Å². The zero-order valence-corrected chi connectivity index (χ0v) is 16.6. The zero-order chi connectivity index (χ0) is 19.6.